The van der Waals surface area contributed by atoms with Gasteiger partial charge in [0.15, 0.2) is 0 Å². The van der Waals surface area contributed by atoms with Crippen molar-refractivity contribution in [2.45, 2.75) is 38.6 Å². The summed E-state index contributed by atoms with van der Waals surface area (Å²) in [5.74, 6) is 0.882. The monoisotopic (exact) mass is 483 g/mol. The number of piperazine rings is 1. The predicted octanol–water partition coefficient (Wildman–Crippen LogP) is 2.83. The van der Waals surface area contributed by atoms with E-state index < -0.39 is 10.0 Å². The van der Waals surface area contributed by atoms with Crippen molar-refractivity contribution in [3.8, 4) is 11.4 Å². The van der Waals surface area contributed by atoms with Crippen molar-refractivity contribution in [3.05, 3.63) is 64.5 Å². The second-order valence-corrected chi connectivity index (χ2v) is 10.3. The first-order valence-electron chi connectivity index (χ1n) is 11.1. The van der Waals surface area contributed by atoms with Crippen LogP contribution in [-0.2, 0) is 10.0 Å². The molecule has 0 aliphatic carbocycles. The fraction of sp³-hybridized carbons (Fsp3) is 0.375. The van der Waals surface area contributed by atoms with E-state index in [-0.39, 0.29) is 16.8 Å². The van der Waals surface area contributed by atoms with Gasteiger partial charge in [-0.2, -0.15) is 4.98 Å². The number of nitrogens with two attached hydrogens (primary N) is 1. The van der Waals surface area contributed by atoms with Gasteiger partial charge in [-0.25, -0.2) is 13.6 Å². The van der Waals surface area contributed by atoms with Crippen LogP contribution in [0, 0.1) is 20.8 Å². The molecule has 4 rings (SSSR count). The lowest BCUT2D eigenvalue weighted by Crippen LogP contribution is -2.49. The lowest BCUT2D eigenvalue weighted by Gasteiger charge is -2.37. The van der Waals surface area contributed by atoms with Crippen LogP contribution in [0.1, 0.15) is 45.9 Å². The Kier molecular flexibility index (Phi) is 6.57. The van der Waals surface area contributed by atoms with Gasteiger partial charge < -0.3 is 9.42 Å². The van der Waals surface area contributed by atoms with Gasteiger partial charge in [-0.05, 0) is 44.9 Å². The normalized spacial score (nSPS) is 16.0. The second kappa shape index (κ2) is 9.28. The van der Waals surface area contributed by atoms with Crippen LogP contribution in [0.4, 0.5) is 0 Å². The van der Waals surface area contributed by atoms with E-state index in [0.717, 1.165) is 16.7 Å². The molecule has 1 amide bonds. The summed E-state index contributed by atoms with van der Waals surface area (Å²) in [5, 5.41) is 9.45. The van der Waals surface area contributed by atoms with Crippen LogP contribution in [0.25, 0.3) is 11.4 Å². The van der Waals surface area contributed by atoms with Crippen LogP contribution in [0.5, 0.6) is 0 Å². The third-order valence-electron chi connectivity index (χ3n) is 6.32. The van der Waals surface area contributed by atoms with Crippen molar-refractivity contribution in [3.63, 3.8) is 0 Å². The molecular formula is C24H29N5O4S. The second-order valence-electron chi connectivity index (χ2n) is 8.80. The first-order valence-corrected chi connectivity index (χ1v) is 12.7. The SMILES string of the molecule is Cc1ccc(-c2noc([C@H](C)N3CCN(C(=O)c4cc(S(N)(=O)=O)c(C)cc4C)CC3)n2)cc1. The number of nitrogens with zero attached hydrogens (tertiary/aromatic N) is 4. The number of carbonyl (C=O) groups excluding carboxylic acids is 1. The molecule has 1 saturated heterocycles. The van der Waals surface area contributed by atoms with E-state index in [1.807, 2.05) is 38.1 Å². The number of hydrogen-bond donors (Lipinski definition) is 1. The van der Waals surface area contributed by atoms with E-state index in [4.69, 9.17) is 9.66 Å². The van der Waals surface area contributed by atoms with E-state index in [1.165, 1.54) is 6.07 Å². The molecule has 3 aromatic rings. The highest BCUT2D eigenvalue weighted by molar-refractivity contribution is 7.89. The van der Waals surface area contributed by atoms with Crippen LogP contribution in [0.15, 0.2) is 45.8 Å². The Labute approximate surface area is 199 Å². The van der Waals surface area contributed by atoms with E-state index in [0.29, 0.717) is 49.0 Å². The molecular weight excluding hydrogens is 454 g/mol. The van der Waals surface area contributed by atoms with E-state index in [9.17, 15) is 13.2 Å². The number of aryl methyl sites for hydroxylation is 3. The summed E-state index contributed by atoms with van der Waals surface area (Å²) in [4.78, 5) is 21.6. The number of amides is 1. The number of benzene rings is 2. The first-order chi connectivity index (χ1) is 16.0. The Morgan fingerprint density at radius 3 is 2.29 bits per heavy atom. The van der Waals surface area contributed by atoms with Gasteiger partial charge in [-0.15, -0.1) is 0 Å². The maximum atomic E-state index is 13.2. The Morgan fingerprint density at radius 1 is 1.03 bits per heavy atom. The fourth-order valence-corrected chi connectivity index (χ4v) is 5.02. The number of carbonyl (C=O) groups is 1. The van der Waals surface area contributed by atoms with E-state index >= 15 is 0 Å². The molecule has 10 heteroatoms. The van der Waals surface area contributed by atoms with Crippen LogP contribution in [-0.4, -0.2) is 60.4 Å². The van der Waals surface area contributed by atoms with Gasteiger partial charge in [0, 0.05) is 37.3 Å². The summed E-state index contributed by atoms with van der Waals surface area (Å²) in [7, 11) is -3.91. The molecule has 0 radical (unpaired) electrons. The quantitative estimate of drug-likeness (QED) is 0.592. The summed E-state index contributed by atoms with van der Waals surface area (Å²) in [6.07, 6.45) is 0. The van der Waals surface area contributed by atoms with Crippen LogP contribution in [0.3, 0.4) is 0 Å². The lowest BCUT2D eigenvalue weighted by atomic mass is 10.0. The zero-order chi connectivity index (χ0) is 24.6. The van der Waals surface area contributed by atoms with Crippen molar-refractivity contribution < 1.29 is 17.7 Å². The number of primary sulfonamides is 1. The van der Waals surface area contributed by atoms with Crippen molar-refractivity contribution in [1.29, 1.82) is 0 Å². The maximum Gasteiger partial charge on any atom is 0.254 e. The van der Waals surface area contributed by atoms with Gasteiger partial charge >= 0.3 is 0 Å². The van der Waals surface area contributed by atoms with Gasteiger partial charge in [0.1, 0.15) is 0 Å². The summed E-state index contributed by atoms with van der Waals surface area (Å²) in [6, 6.07) is 10.9. The van der Waals surface area contributed by atoms with Crippen LogP contribution < -0.4 is 5.14 Å². The minimum absolute atomic E-state index is 0.0190. The standard InChI is InChI=1S/C24H29N5O4S/c1-15-5-7-19(8-6-15)22-26-23(33-27-22)18(4)28-9-11-29(12-10-28)24(30)20-14-21(34(25,31)32)17(3)13-16(20)2/h5-8,13-14,18H,9-12H2,1-4H3,(H2,25,31,32)/t18-/m0/s1. The number of aromatic nitrogens is 2. The van der Waals surface area contributed by atoms with Crippen molar-refractivity contribution in [1.82, 2.24) is 19.9 Å². The van der Waals surface area contributed by atoms with Crippen molar-refractivity contribution >= 4 is 15.9 Å². The zero-order valence-electron chi connectivity index (χ0n) is 19.8. The van der Waals surface area contributed by atoms with Crippen molar-refractivity contribution in [2.75, 3.05) is 26.2 Å². The zero-order valence-corrected chi connectivity index (χ0v) is 20.6. The Hall–Kier alpha value is -3.08. The molecule has 1 aliphatic rings. The molecule has 2 heterocycles. The summed E-state index contributed by atoms with van der Waals surface area (Å²) >= 11 is 0. The molecule has 180 valence electrons. The third kappa shape index (κ3) is 4.89. The molecule has 34 heavy (non-hydrogen) atoms. The average Bonchev–Trinajstić information content (AvgIpc) is 3.28. The summed E-state index contributed by atoms with van der Waals surface area (Å²) < 4.78 is 29.3. The molecule has 9 nitrogen and oxygen atoms in total. The largest absolute Gasteiger partial charge is 0.337 e. The molecule has 1 aromatic heterocycles. The molecule has 1 aliphatic heterocycles. The Morgan fingerprint density at radius 2 is 1.68 bits per heavy atom. The topological polar surface area (TPSA) is 123 Å². The lowest BCUT2D eigenvalue weighted by molar-refractivity contribution is 0.0551. The highest BCUT2D eigenvalue weighted by Crippen LogP contribution is 2.25. The number of sulfonamides is 1. The number of rotatable bonds is 5. The molecule has 2 N–H and O–H groups in total. The van der Waals surface area contributed by atoms with Gasteiger partial charge in [-0.1, -0.05) is 41.1 Å². The summed E-state index contributed by atoms with van der Waals surface area (Å²) in [5.41, 5.74) is 3.67. The smallest absolute Gasteiger partial charge is 0.254 e. The minimum Gasteiger partial charge on any atom is -0.337 e. The fourth-order valence-electron chi connectivity index (χ4n) is 4.23. The summed E-state index contributed by atoms with van der Waals surface area (Å²) in [6.45, 7) is 9.75. The maximum absolute atomic E-state index is 13.2. The van der Waals surface area contributed by atoms with Crippen LogP contribution in [0.2, 0.25) is 0 Å². The molecule has 2 aromatic carbocycles. The molecule has 1 atom stereocenters. The molecule has 0 unspecified atom stereocenters. The molecule has 0 spiro atoms. The Bertz CT molecular complexity index is 1310. The minimum atomic E-state index is -3.91. The van der Waals surface area contributed by atoms with Gasteiger partial charge in [0.2, 0.25) is 21.7 Å². The van der Waals surface area contributed by atoms with Crippen LogP contribution >= 0.6 is 0 Å². The Balaban J connectivity index is 1.43. The molecule has 0 saturated carbocycles. The third-order valence-corrected chi connectivity index (χ3v) is 7.37. The van der Waals surface area contributed by atoms with Gasteiger partial charge in [-0.3, -0.25) is 9.69 Å². The predicted molar refractivity (Wildman–Crippen MR) is 128 cm³/mol. The first kappa shape index (κ1) is 24.1. The molecule has 0 bridgehead atoms. The van der Waals surface area contributed by atoms with E-state index in [2.05, 4.69) is 15.0 Å². The van der Waals surface area contributed by atoms with E-state index in [1.54, 1.807) is 24.8 Å². The van der Waals surface area contributed by atoms with Gasteiger partial charge in [0.25, 0.3) is 5.91 Å². The average molecular weight is 484 g/mol. The highest BCUT2D eigenvalue weighted by Gasteiger charge is 2.29. The number of hydrogen-bond acceptors (Lipinski definition) is 7. The molecule has 1 fully saturated rings. The highest BCUT2D eigenvalue weighted by atomic mass is 32.2. The van der Waals surface area contributed by atoms with Crippen molar-refractivity contribution in [2.24, 2.45) is 5.14 Å². The van der Waals surface area contributed by atoms with Gasteiger partial charge in [0.05, 0.1) is 10.9 Å².